The van der Waals surface area contributed by atoms with Crippen LogP contribution in [0, 0.1) is 11.3 Å². The SMILES string of the molecule is N#Cc1ccc(NCC(O)CO)cc1C(F)(F)F. The molecular weight excluding hydrogens is 249 g/mol. The van der Waals surface area contributed by atoms with E-state index in [1.54, 1.807) is 0 Å². The number of anilines is 1. The average Bonchev–Trinajstić information content (AvgIpc) is 2.34. The fraction of sp³-hybridized carbons (Fsp3) is 0.364. The quantitative estimate of drug-likeness (QED) is 0.763. The third-order valence-electron chi connectivity index (χ3n) is 2.20. The lowest BCUT2D eigenvalue weighted by molar-refractivity contribution is -0.137. The van der Waals surface area contributed by atoms with Gasteiger partial charge in [0.25, 0.3) is 0 Å². The molecule has 0 bridgehead atoms. The first-order valence-electron chi connectivity index (χ1n) is 5.02. The summed E-state index contributed by atoms with van der Waals surface area (Å²) in [6.07, 6.45) is -5.67. The van der Waals surface area contributed by atoms with Crippen LogP contribution in [0.4, 0.5) is 18.9 Å². The number of halogens is 3. The van der Waals surface area contributed by atoms with Crippen molar-refractivity contribution in [1.82, 2.24) is 0 Å². The third kappa shape index (κ3) is 3.61. The molecule has 0 saturated heterocycles. The zero-order valence-electron chi connectivity index (χ0n) is 9.20. The second kappa shape index (κ2) is 5.71. The van der Waals surface area contributed by atoms with Crippen LogP contribution >= 0.6 is 0 Å². The van der Waals surface area contributed by atoms with E-state index >= 15 is 0 Å². The van der Waals surface area contributed by atoms with Gasteiger partial charge < -0.3 is 15.5 Å². The number of aliphatic hydroxyl groups excluding tert-OH is 2. The van der Waals surface area contributed by atoms with E-state index in [9.17, 15) is 13.2 Å². The topological polar surface area (TPSA) is 76.3 Å². The van der Waals surface area contributed by atoms with Crippen LogP contribution < -0.4 is 5.32 Å². The summed E-state index contributed by atoms with van der Waals surface area (Å²) in [5.74, 6) is 0. The standard InChI is InChI=1S/C11H11F3N2O2/c12-11(13,14)10-3-8(2-1-7(10)4-15)16-5-9(18)6-17/h1-3,9,16-18H,5-6H2. The molecule has 0 spiro atoms. The van der Waals surface area contributed by atoms with E-state index in [2.05, 4.69) is 5.32 Å². The number of hydrogen-bond acceptors (Lipinski definition) is 4. The van der Waals surface area contributed by atoms with Gasteiger partial charge in [0.05, 0.1) is 29.9 Å². The van der Waals surface area contributed by atoms with Crippen LogP contribution in [-0.2, 0) is 6.18 Å². The molecule has 98 valence electrons. The molecule has 0 amide bonds. The van der Waals surface area contributed by atoms with E-state index in [0.717, 1.165) is 12.1 Å². The van der Waals surface area contributed by atoms with E-state index in [0.29, 0.717) is 0 Å². The van der Waals surface area contributed by atoms with Crippen LogP contribution in [0.1, 0.15) is 11.1 Å². The number of nitrogens with zero attached hydrogens (tertiary/aromatic N) is 1. The Morgan fingerprint density at radius 2 is 2.06 bits per heavy atom. The Balaban J connectivity index is 2.94. The van der Waals surface area contributed by atoms with Crippen molar-refractivity contribution in [2.45, 2.75) is 12.3 Å². The largest absolute Gasteiger partial charge is 0.417 e. The minimum Gasteiger partial charge on any atom is -0.394 e. The number of aliphatic hydroxyl groups is 2. The maximum absolute atomic E-state index is 12.6. The molecule has 1 aromatic rings. The zero-order chi connectivity index (χ0) is 13.8. The highest BCUT2D eigenvalue weighted by Crippen LogP contribution is 2.33. The van der Waals surface area contributed by atoms with Crippen molar-refractivity contribution < 1.29 is 23.4 Å². The van der Waals surface area contributed by atoms with Crippen LogP contribution in [0.3, 0.4) is 0 Å². The number of hydrogen-bond donors (Lipinski definition) is 3. The van der Waals surface area contributed by atoms with Gasteiger partial charge in [-0.15, -0.1) is 0 Å². The van der Waals surface area contributed by atoms with Gasteiger partial charge >= 0.3 is 6.18 Å². The molecule has 0 saturated carbocycles. The Morgan fingerprint density at radius 3 is 2.56 bits per heavy atom. The molecule has 0 aliphatic heterocycles. The van der Waals surface area contributed by atoms with Gasteiger partial charge in [0, 0.05) is 12.2 Å². The molecule has 1 unspecified atom stereocenters. The molecule has 0 radical (unpaired) electrons. The van der Waals surface area contributed by atoms with Crippen molar-refractivity contribution in [1.29, 1.82) is 5.26 Å². The molecule has 0 aliphatic rings. The van der Waals surface area contributed by atoms with Crippen molar-refractivity contribution in [3.05, 3.63) is 29.3 Å². The van der Waals surface area contributed by atoms with Crippen LogP contribution in [0.25, 0.3) is 0 Å². The van der Waals surface area contributed by atoms with Crippen molar-refractivity contribution in [2.75, 3.05) is 18.5 Å². The molecule has 18 heavy (non-hydrogen) atoms. The maximum atomic E-state index is 12.6. The fourth-order valence-corrected chi connectivity index (χ4v) is 1.29. The normalized spacial score (nSPS) is 12.9. The van der Waals surface area contributed by atoms with Crippen LogP contribution in [-0.4, -0.2) is 29.5 Å². The summed E-state index contributed by atoms with van der Waals surface area (Å²) < 4.78 is 37.8. The summed E-state index contributed by atoms with van der Waals surface area (Å²) >= 11 is 0. The molecule has 1 aromatic carbocycles. The van der Waals surface area contributed by atoms with Gasteiger partial charge in [0.2, 0.25) is 0 Å². The zero-order valence-corrected chi connectivity index (χ0v) is 9.20. The van der Waals surface area contributed by atoms with Gasteiger partial charge in [-0.1, -0.05) is 0 Å². The molecule has 3 N–H and O–H groups in total. The van der Waals surface area contributed by atoms with Gasteiger partial charge in [-0.25, -0.2) is 0 Å². The van der Waals surface area contributed by atoms with E-state index < -0.39 is 30.0 Å². The van der Waals surface area contributed by atoms with Crippen molar-refractivity contribution >= 4 is 5.69 Å². The Bertz CT molecular complexity index is 455. The van der Waals surface area contributed by atoms with Gasteiger partial charge in [0.15, 0.2) is 0 Å². The summed E-state index contributed by atoms with van der Waals surface area (Å²) in [5, 5.41) is 28.8. The van der Waals surface area contributed by atoms with E-state index in [1.165, 1.54) is 12.1 Å². The van der Waals surface area contributed by atoms with Crippen molar-refractivity contribution in [3.8, 4) is 6.07 Å². The summed E-state index contributed by atoms with van der Waals surface area (Å²) in [7, 11) is 0. The van der Waals surface area contributed by atoms with Gasteiger partial charge in [-0.05, 0) is 18.2 Å². The predicted octanol–water partition coefficient (Wildman–Crippen LogP) is 1.34. The highest BCUT2D eigenvalue weighted by molar-refractivity contribution is 5.53. The Labute approximate surface area is 101 Å². The van der Waals surface area contributed by atoms with Crippen LogP contribution in [0.15, 0.2) is 18.2 Å². The lowest BCUT2D eigenvalue weighted by atomic mass is 10.1. The predicted molar refractivity (Wildman–Crippen MR) is 57.7 cm³/mol. The number of nitrogens with one attached hydrogen (secondary N) is 1. The smallest absolute Gasteiger partial charge is 0.394 e. The first-order chi connectivity index (χ1) is 8.38. The number of benzene rings is 1. The Hall–Kier alpha value is -1.78. The Morgan fingerprint density at radius 1 is 1.39 bits per heavy atom. The van der Waals surface area contributed by atoms with Gasteiger partial charge in [-0.3, -0.25) is 0 Å². The number of nitriles is 1. The van der Waals surface area contributed by atoms with E-state index in [1.807, 2.05) is 0 Å². The summed E-state index contributed by atoms with van der Waals surface area (Å²) in [6, 6.07) is 4.62. The monoisotopic (exact) mass is 260 g/mol. The highest BCUT2D eigenvalue weighted by atomic mass is 19.4. The fourth-order valence-electron chi connectivity index (χ4n) is 1.29. The van der Waals surface area contributed by atoms with Gasteiger partial charge in [0.1, 0.15) is 0 Å². The third-order valence-corrected chi connectivity index (χ3v) is 2.20. The second-order valence-electron chi connectivity index (χ2n) is 3.59. The maximum Gasteiger partial charge on any atom is 0.417 e. The highest BCUT2D eigenvalue weighted by Gasteiger charge is 2.33. The van der Waals surface area contributed by atoms with E-state index in [-0.39, 0.29) is 12.2 Å². The summed E-state index contributed by atoms with van der Waals surface area (Å²) in [6.45, 7) is -0.574. The van der Waals surface area contributed by atoms with E-state index in [4.69, 9.17) is 15.5 Å². The van der Waals surface area contributed by atoms with Gasteiger partial charge in [-0.2, -0.15) is 18.4 Å². The first kappa shape index (κ1) is 14.3. The lowest BCUT2D eigenvalue weighted by Crippen LogP contribution is -2.23. The molecule has 0 fully saturated rings. The van der Waals surface area contributed by atoms with Crippen LogP contribution in [0.5, 0.6) is 0 Å². The number of alkyl halides is 3. The molecule has 0 heterocycles. The first-order valence-corrected chi connectivity index (χ1v) is 5.02. The molecule has 4 nitrogen and oxygen atoms in total. The molecule has 0 aromatic heterocycles. The Kier molecular flexibility index (Phi) is 4.53. The van der Waals surface area contributed by atoms with Crippen molar-refractivity contribution in [3.63, 3.8) is 0 Å². The minimum atomic E-state index is -4.61. The summed E-state index contributed by atoms with van der Waals surface area (Å²) in [5.41, 5.74) is -1.38. The summed E-state index contributed by atoms with van der Waals surface area (Å²) in [4.78, 5) is 0. The second-order valence-corrected chi connectivity index (χ2v) is 3.59. The molecule has 1 rings (SSSR count). The van der Waals surface area contributed by atoms with Crippen LogP contribution in [0.2, 0.25) is 0 Å². The minimum absolute atomic E-state index is 0.0836. The molecule has 1 atom stereocenters. The molecular formula is C11H11F3N2O2. The van der Waals surface area contributed by atoms with Crippen molar-refractivity contribution in [2.24, 2.45) is 0 Å². The molecule has 7 heteroatoms. The molecule has 0 aliphatic carbocycles. The lowest BCUT2D eigenvalue weighted by Gasteiger charge is -2.13. The average molecular weight is 260 g/mol. The number of rotatable bonds is 4.